The number of amides is 1. The van der Waals surface area contributed by atoms with Crippen LogP contribution in [0.1, 0.15) is 24.2 Å². The number of carbonyl (C=O) groups is 1. The van der Waals surface area contributed by atoms with Crippen LogP contribution in [0.5, 0.6) is 5.75 Å². The van der Waals surface area contributed by atoms with Gasteiger partial charge in [-0.3, -0.25) is 4.79 Å². The molecule has 1 N–H and O–H groups in total. The van der Waals surface area contributed by atoms with Crippen molar-refractivity contribution in [1.82, 2.24) is 4.90 Å². The lowest BCUT2D eigenvalue weighted by molar-refractivity contribution is 0.0749. The van der Waals surface area contributed by atoms with Crippen molar-refractivity contribution >= 4 is 17.7 Å². The highest BCUT2D eigenvalue weighted by atomic mass is 32.2. The van der Waals surface area contributed by atoms with Crippen molar-refractivity contribution < 1.29 is 18.7 Å². The molecule has 0 saturated heterocycles. The second-order valence-corrected chi connectivity index (χ2v) is 5.53. The van der Waals surface area contributed by atoms with Crippen LogP contribution in [0.25, 0.3) is 0 Å². The SMILES string of the molecule is CCSCC(C)N(C)C(=O)c1c(O)cc(F)cc1F. The number of carbonyl (C=O) groups excluding carboxylic acids is 1. The summed E-state index contributed by atoms with van der Waals surface area (Å²) < 4.78 is 26.5. The maximum atomic E-state index is 13.6. The Kier molecular flexibility index (Phi) is 5.60. The first-order valence-electron chi connectivity index (χ1n) is 5.91. The van der Waals surface area contributed by atoms with Gasteiger partial charge in [-0.15, -0.1) is 0 Å². The lowest BCUT2D eigenvalue weighted by atomic mass is 10.1. The number of hydrogen-bond acceptors (Lipinski definition) is 3. The van der Waals surface area contributed by atoms with Crippen LogP contribution in [0.4, 0.5) is 8.78 Å². The van der Waals surface area contributed by atoms with Crippen molar-refractivity contribution in [2.75, 3.05) is 18.6 Å². The van der Waals surface area contributed by atoms with E-state index in [2.05, 4.69) is 0 Å². The Balaban J connectivity index is 2.94. The summed E-state index contributed by atoms with van der Waals surface area (Å²) in [6.45, 7) is 3.84. The lowest BCUT2D eigenvalue weighted by Crippen LogP contribution is -2.37. The van der Waals surface area contributed by atoms with Gasteiger partial charge in [0.2, 0.25) is 0 Å². The third-order valence-electron chi connectivity index (χ3n) is 2.79. The summed E-state index contributed by atoms with van der Waals surface area (Å²) in [5.74, 6) is -1.66. The van der Waals surface area contributed by atoms with E-state index in [0.29, 0.717) is 11.8 Å². The molecular formula is C13H17F2NO2S. The van der Waals surface area contributed by atoms with Crippen molar-refractivity contribution in [3.63, 3.8) is 0 Å². The zero-order valence-corrected chi connectivity index (χ0v) is 11.9. The maximum absolute atomic E-state index is 13.6. The highest BCUT2D eigenvalue weighted by Crippen LogP contribution is 2.24. The molecule has 0 aromatic heterocycles. The number of halogens is 2. The molecule has 0 saturated carbocycles. The Morgan fingerprint density at radius 2 is 2.11 bits per heavy atom. The van der Waals surface area contributed by atoms with Gasteiger partial charge in [0.25, 0.3) is 5.91 Å². The normalized spacial score (nSPS) is 12.3. The molecule has 1 atom stereocenters. The molecule has 1 aromatic carbocycles. The van der Waals surface area contributed by atoms with Crippen molar-refractivity contribution in [3.05, 3.63) is 29.3 Å². The molecule has 19 heavy (non-hydrogen) atoms. The molecule has 3 nitrogen and oxygen atoms in total. The highest BCUT2D eigenvalue weighted by molar-refractivity contribution is 7.99. The molecule has 106 valence electrons. The van der Waals surface area contributed by atoms with Crippen LogP contribution in [0, 0.1) is 11.6 Å². The Morgan fingerprint density at radius 3 is 2.63 bits per heavy atom. The topological polar surface area (TPSA) is 40.5 Å². The molecule has 0 aliphatic heterocycles. The minimum atomic E-state index is -1.05. The number of benzene rings is 1. The summed E-state index contributed by atoms with van der Waals surface area (Å²) in [5.41, 5.74) is -0.489. The molecule has 1 unspecified atom stereocenters. The fraction of sp³-hybridized carbons (Fsp3) is 0.462. The van der Waals surface area contributed by atoms with Gasteiger partial charge in [0.1, 0.15) is 22.9 Å². The number of phenols is 1. The quantitative estimate of drug-likeness (QED) is 0.906. The molecule has 0 fully saturated rings. The van der Waals surface area contributed by atoms with Crippen LogP contribution >= 0.6 is 11.8 Å². The van der Waals surface area contributed by atoms with Gasteiger partial charge in [-0.05, 0) is 12.7 Å². The Morgan fingerprint density at radius 1 is 1.47 bits per heavy atom. The Bertz CT molecular complexity index is 445. The number of phenolic OH excluding ortho intramolecular Hbond substituents is 1. The second-order valence-electron chi connectivity index (χ2n) is 4.21. The largest absolute Gasteiger partial charge is 0.507 e. The molecular weight excluding hydrogens is 272 g/mol. The number of hydrogen-bond donors (Lipinski definition) is 1. The second kappa shape index (κ2) is 6.75. The van der Waals surface area contributed by atoms with Gasteiger partial charge in [-0.2, -0.15) is 11.8 Å². The fourth-order valence-corrected chi connectivity index (χ4v) is 2.35. The molecule has 0 aliphatic carbocycles. The molecule has 0 aliphatic rings. The first-order valence-corrected chi connectivity index (χ1v) is 7.06. The van der Waals surface area contributed by atoms with E-state index in [4.69, 9.17) is 0 Å². The van der Waals surface area contributed by atoms with E-state index >= 15 is 0 Å². The van der Waals surface area contributed by atoms with Gasteiger partial charge in [-0.25, -0.2) is 8.78 Å². The summed E-state index contributed by atoms with van der Waals surface area (Å²) >= 11 is 1.66. The van der Waals surface area contributed by atoms with Crippen LogP contribution < -0.4 is 0 Å². The van der Waals surface area contributed by atoms with E-state index in [9.17, 15) is 18.7 Å². The third-order valence-corrected chi connectivity index (χ3v) is 3.92. The Labute approximate surface area is 115 Å². The summed E-state index contributed by atoms with van der Waals surface area (Å²) in [7, 11) is 1.53. The van der Waals surface area contributed by atoms with Gasteiger partial charge < -0.3 is 10.0 Å². The van der Waals surface area contributed by atoms with E-state index in [1.165, 1.54) is 11.9 Å². The van der Waals surface area contributed by atoms with Crippen LogP contribution in [0.3, 0.4) is 0 Å². The summed E-state index contributed by atoms with van der Waals surface area (Å²) in [4.78, 5) is 13.4. The van der Waals surface area contributed by atoms with E-state index < -0.39 is 28.9 Å². The van der Waals surface area contributed by atoms with E-state index in [1.54, 1.807) is 11.8 Å². The molecule has 0 radical (unpaired) electrons. The zero-order chi connectivity index (χ0) is 14.6. The van der Waals surface area contributed by atoms with Gasteiger partial charge >= 0.3 is 0 Å². The first-order chi connectivity index (χ1) is 8.88. The predicted molar refractivity (Wildman–Crippen MR) is 72.6 cm³/mol. The van der Waals surface area contributed by atoms with Crippen LogP contribution in [-0.2, 0) is 0 Å². The average Bonchev–Trinajstić information content (AvgIpc) is 2.33. The van der Waals surface area contributed by atoms with Crippen molar-refractivity contribution in [3.8, 4) is 5.75 Å². The minimum absolute atomic E-state index is 0.110. The van der Waals surface area contributed by atoms with Crippen LogP contribution in [-0.4, -0.2) is 40.5 Å². The third kappa shape index (κ3) is 3.83. The minimum Gasteiger partial charge on any atom is -0.507 e. The van der Waals surface area contributed by atoms with Gasteiger partial charge in [0, 0.05) is 31.0 Å². The molecule has 1 rings (SSSR count). The molecule has 1 aromatic rings. The predicted octanol–water partition coefficient (Wildman–Crippen LogP) is 2.88. The van der Waals surface area contributed by atoms with Crippen molar-refractivity contribution in [2.45, 2.75) is 19.9 Å². The fourth-order valence-electron chi connectivity index (χ4n) is 1.55. The smallest absolute Gasteiger partial charge is 0.260 e. The zero-order valence-electron chi connectivity index (χ0n) is 11.1. The average molecular weight is 289 g/mol. The van der Waals surface area contributed by atoms with Crippen molar-refractivity contribution in [1.29, 1.82) is 0 Å². The first kappa shape index (κ1) is 15.8. The number of rotatable bonds is 5. The van der Waals surface area contributed by atoms with Crippen LogP contribution in [0.15, 0.2) is 12.1 Å². The monoisotopic (exact) mass is 289 g/mol. The van der Waals surface area contributed by atoms with E-state index in [-0.39, 0.29) is 6.04 Å². The summed E-state index contributed by atoms with van der Waals surface area (Å²) in [6, 6.07) is 1.21. The Hall–Kier alpha value is -1.30. The summed E-state index contributed by atoms with van der Waals surface area (Å²) in [5, 5.41) is 9.52. The number of nitrogens with zero attached hydrogens (tertiary/aromatic N) is 1. The van der Waals surface area contributed by atoms with Crippen molar-refractivity contribution in [2.24, 2.45) is 0 Å². The molecule has 1 amide bonds. The highest BCUT2D eigenvalue weighted by Gasteiger charge is 2.24. The number of aromatic hydroxyl groups is 1. The molecule has 0 bridgehead atoms. The van der Waals surface area contributed by atoms with E-state index in [1.807, 2.05) is 13.8 Å². The lowest BCUT2D eigenvalue weighted by Gasteiger charge is -2.25. The molecule has 0 heterocycles. The standard InChI is InChI=1S/C13H17F2NO2S/c1-4-19-7-8(2)16(3)13(18)12-10(15)5-9(14)6-11(12)17/h5-6,8,17H,4,7H2,1-3H3. The summed E-state index contributed by atoms with van der Waals surface area (Å²) in [6.07, 6.45) is 0. The van der Waals surface area contributed by atoms with E-state index in [0.717, 1.165) is 11.8 Å². The van der Waals surface area contributed by atoms with Gasteiger partial charge in [-0.1, -0.05) is 6.92 Å². The maximum Gasteiger partial charge on any atom is 0.260 e. The molecule has 0 spiro atoms. The van der Waals surface area contributed by atoms with Gasteiger partial charge in [0.15, 0.2) is 0 Å². The number of thioether (sulfide) groups is 1. The molecule has 6 heteroatoms. The van der Waals surface area contributed by atoms with Crippen LogP contribution in [0.2, 0.25) is 0 Å². The van der Waals surface area contributed by atoms with Gasteiger partial charge in [0.05, 0.1) is 0 Å².